The van der Waals surface area contributed by atoms with Crippen molar-refractivity contribution in [2.75, 3.05) is 5.75 Å². The molecule has 3 fully saturated rings. The van der Waals surface area contributed by atoms with Crippen molar-refractivity contribution in [1.29, 1.82) is 0 Å². The maximum atomic E-state index is 11.7. The first-order valence-corrected chi connectivity index (χ1v) is 14.1. The summed E-state index contributed by atoms with van der Waals surface area (Å²) >= 11 is 3.79. The predicted molar refractivity (Wildman–Crippen MR) is 132 cm³/mol. The Morgan fingerprint density at radius 2 is 2.09 bits per heavy atom. The number of aromatic nitrogens is 3. The number of nitrogens with one attached hydrogen (secondary N) is 1. The number of aryl methyl sites for hydroxylation is 2. The molecule has 2 aromatic rings. The minimum atomic E-state index is -0.210. The van der Waals surface area contributed by atoms with Crippen LogP contribution in [0.15, 0.2) is 16.1 Å². The summed E-state index contributed by atoms with van der Waals surface area (Å²) in [6.07, 6.45) is 11.2. The normalized spacial score (nSPS) is 40.3. The molecule has 0 amide bonds. The van der Waals surface area contributed by atoms with Crippen molar-refractivity contribution in [1.82, 2.24) is 15.2 Å². The SMILES string of the molecule is Cc1nc(SCC2CCC3C4CCC5=Cc6[nH]ncc6CC5(C)C4C(O)CC23C)sc1C. The number of H-pyrrole nitrogens is 1. The number of thiazole rings is 1. The number of hydrogen-bond acceptors (Lipinski definition) is 5. The second-order valence-corrected chi connectivity index (χ2v) is 13.9. The molecule has 0 saturated heterocycles. The Balaban J connectivity index is 1.25. The fourth-order valence-corrected chi connectivity index (χ4v) is 10.7. The van der Waals surface area contributed by atoms with Crippen molar-refractivity contribution in [2.24, 2.45) is 34.5 Å². The van der Waals surface area contributed by atoms with E-state index in [1.807, 2.05) is 29.3 Å². The third-order valence-corrected chi connectivity index (χ3v) is 12.3. The van der Waals surface area contributed by atoms with Gasteiger partial charge >= 0.3 is 0 Å². The molecule has 4 aliphatic carbocycles. The number of rotatable bonds is 3. The first kappa shape index (κ1) is 21.4. The summed E-state index contributed by atoms with van der Waals surface area (Å²) in [6.45, 7) is 9.24. The Bertz CT molecular complexity index is 1050. The van der Waals surface area contributed by atoms with Gasteiger partial charge in [0.1, 0.15) is 4.34 Å². The third kappa shape index (κ3) is 3.05. The highest BCUT2D eigenvalue weighted by Crippen LogP contribution is 2.66. The molecule has 32 heavy (non-hydrogen) atoms. The second kappa shape index (κ2) is 7.44. The molecule has 6 rings (SSSR count). The third-order valence-electron chi connectivity index (χ3n) is 9.91. The molecule has 4 aliphatic rings. The van der Waals surface area contributed by atoms with Crippen LogP contribution in [0.3, 0.4) is 0 Å². The van der Waals surface area contributed by atoms with Crippen molar-refractivity contribution in [3.63, 3.8) is 0 Å². The minimum absolute atomic E-state index is 0.0727. The summed E-state index contributed by atoms with van der Waals surface area (Å²) in [4.78, 5) is 6.10. The summed E-state index contributed by atoms with van der Waals surface area (Å²) in [5.74, 6) is 3.57. The summed E-state index contributed by atoms with van der Waals surface area (Å²) in [6, 6.07) is 0. The van der Waals surface area contributed by atoms with Crippen molar-refractivity contribution in [3.8, 4) is 0 Å². The topological polar surface area (TPSA) is 61.8 Å². The van der Waals surface area contributed by atoms with E-state index in [0.717, 1.165) is 24.5 Å². The van der Waals surface area contributed by atoms with E-state index in [4.69, 9.17) is 4.98 Å². The Morgan fingerprint density at radius 3 is 2.88 bits per heavy atom. The Morgan fingerprint density at radius 1 is 1.25 bits per heavy atom. The first-order valence-electron chi connectivity index (χ1n) is 12.3. The lowest BCUT2D eigenvalue weighted by Gasteiger charge is -2.59. The molecule has 4 nitrogen and oxygen atoms in total. The van der Waals surface area contributed by atoms with E-state index in [1.54, 1.807) is 0 Å². The van der Waals surface area contributed by atoms with Crippen LogP contribution in [0.4, 0.5) is 0 Å². The zero-order chi connectivity index (χ0) is 22.3. The molecule has 3 saturated carbocycles. The van der Waals surface area contributed by atoms with E-state index >= 15 is 0 Å². The van der Waals surface area contributed by atoms with Gasteiger partial charge in [-0.15, -0.1) is 11.3 Å². The molecule has 6 heteroatoms. The van der Waals surface area contributed by atoms with Crippen LogP contribution < -0.4 is 0 Å². The fourth-order valence-electron chi connectivity index (χ4n) is 8.15. The summed E-state index contributed by atoms with van der Waals surface area (Å²) < 4.78 is 1.22. The van der Waals surface area contributed by atoms with Crippen molar-refractivity contribution in [2.45, 2.75) is 76.7 Å². The molecule has 0 spiro atoms. The van der Waals surface area contributed by atoms with Crippen LogP contribution in [-0.4, -0.2) is 32.1 Å². The molecule has 0 aliphatic heterocycles. The highest BCUT2D eigenvalue weighted by atomic mass is 32.2. The van der Waals surface area contributed by atoms with Crippen LogP contribution in [0.1, 0.15) is 67.8 Å². The highest BCUT2D eigenvalue weighted by molar-refractivity contribution is 8.01. The summed E-state index contributed by atoms with van der Waals surface area (Å²) in [7, 11) is 0. The molecule has 0 bridgehead atoms. The molecular weight excluding hydrogens is 434 g/mol. The van der Waals surface area contributed by atoms with E-state index in [9.17, 15) is 5.11 Å². The van der Waals surface area contributed by atoms with Crippen LogP contribution in [-0.2, 0) is 6.42 Å². The van der Waals surface area contributed by atoms with Gasteiger partial charge in [-0.05, 0) is 98.5 Å². The van der Waals surface area contributed by atoms with Gasteiger partial charge < -0.3 is 5.11 Å². The quantitative estimate of drug-likeness (QED) is 0.538. The lowest BCUT2D eigenvalue weighted by Crippen LogP contribution is -2.57. The average Bonchev–Trinajstić information content (AvgIpc) is 3.40. The van der Waals surface area contributed by atoms with Crippen LogP contribution in [0.5, 0.6) is 0 Å². The van der Waals surface area contributed by atoms with Gasteiger partial charge in [0.05, 0.1) is 23.7 Å². The van der Waals surface area contributed by atoms with Crippen molar-refractivity contribution >= 4 is 29.2 Å². The van der Waals surface area contributed by atoms with E-state index < -0.39 is 0 Å². The van der Waals surface area contributed by atoms with Gasteiger partial charge in [0.15, 0.2) is 0 Å². The molecular formula is C26H35N3OS2. The number of aromatic amines is 1. The smallest absolute Gasteiger partial charge is 0.150 e. The number of hydrogen-bond donors (Lipinski definition) is 2. The Kier molecular flexibility index (Phi) is 4.98. The Hall–Kier alpha value is -1.11. The van der Waals surface area contributed by atoms with Gasteiger partial charge in [-0.3, -0.25) is 5.10 Å². The van der Waals surface area contributed by atoms with Gasteiger partial charge in [0.25, 0.3) is 0 Å². The lowest BCUT2D eigenvalue weighted by molar-refractivity contribution is -0.122. The van der Waals surface area contributed by atoms with Crippen LogP contribution in [0.25, 0.3) is 6.08 Å². The average molecular weight is 470 g/mol. The second-order valence-electron chi connectivity index (χ2n) is 11.4. The van der Waals surface area contributed by atoms with Crippen molar-refractivity contribution in [3.05, 3.63) is 33.6 Å². The van der Waals surface area contributed by atoms with E-state index in [2.05, 4.69) is 44.0 Å². The summed E-state index contributed by atoms with van der Waals surface area (Å²) in [5.41, 5.74) is 5.56. The molecule has 2 heterocycles. The lowest BCUT2D eigenvalue weighted by atomic mass is 9.46. The number of aliphatic hydroxyl groups is 1. The van der Waals surface area contributed by atoms with Crippen LogP contribution in [0.2, 0.25) is 0 Å². The number of nitrogens with zero attached hydrogens (tertiary/aromatic N) is 2. The monoisotopic (exact) mass is 469 g/mol. The van der Waals surface area contributed by atoms with Crippen LogP contribution in [0, 0.1) is 48.3 Å². The van der Waals surface area contributed by atoms with Gasteiger partial charge in [-0.2, -0.15) is 5.10 Å². The standard InChI is InChI=1S/C26H35N3OS2/c1-14-15(2)32-24(28-14)31-13-18-6-8-20-19-7-5-17-9-21-16(12-27-29-21)10-26(17,4)23(19)22(30)11-25(18,20)3/h9,12,18-20,22-23,30H,5-8,10-11,13H2,1-4H3,(H,27,29). The van der Waals surface area contributed by atoms with Crippen molar-refractivity contribution < 1.29 is 5.11 Å². The first-order chi connectivity index (χ1) is 15.3. The van der Waals surface area contributed by atoms with E-state index in [0.29, 0.717) is 17.8 Å². The maximum Gasteiger partial charge on any atom is 0.150 e. The number of aliphatic hydroxyl groups excluding tert-OH is 1. The molecule has 0 radical (unpaired) electrons. The molecule has 172 valence electrons. The highest BCUT2D eigenvalue weighted by Gasteiger charge is 2.61. The zero-order valence-corrected chi connectivity index (χ0v) is 21.3. The fraction of sp³-hybridized carbons (Fsp3) is 0.692. The molecule has 7 atom stereocenters. The predicted octanol–water partition coefficient (Wildman–Crippen LogP) is 6.04. The zero-order valence-electron chi connectivity index (χ0n) is 19.6. The number of fused-ring (bicyclic) bond motifs is 6. The molecule has 2 N–H and O–H groups in total. The largest absolute Gasteiger partial charge is 0.393 e. The molecule has 0 aromatic carbocycles. The maximum absolute atomic E-state index is 11.7. The molecule has 2 aromatic heterocycles. The number of allylic oxidation sites excluding steroid dienone is 1. The Labute approximate surface area is 199 Å². The number of thioether (sulfide) groups is 1. The van der Waals surface area contributed by atoms with Gasteiger partial charge in [-0.1, -0.05) is 31.2 Å². The van der Waals surface area contributed by atoms with Gasteiger partial charge in [-0.25, -0.2) is 4.98 Å². The minimum Gasteiger partial charge on any atom is -0.393 e. The van der Waals surface area contributed by atoms with Gasteiger partial charge in [0, 0.05) is 10.6 Å². The van der Waals surface area contributed by atoms with Gasteiger partial charge in [0.2, 0.25) is 0 Å². The summed E-state index contributed by atoms with van der Waals surface area (Å²) in [5, 5.41) is 19.2. The van der Waals surface area contributed by atoms with E-state index in [1.165, 1.54) is 57.4 Å². The molecule has 7 unspecified atom stereocenters. The van der Waals surface area contributed by atoms with Crippen LogP contribution >= 0.6 is 23.1 Å². The van der Waals surface area contributed by atoms with E-state index in [-0.39, 0.29) is 16.9 Å².